The van der Waals surface area contributed by atoms with Crippen molar-refractivity contribution in [1.29, 1.82) is 0 Å². The molecule has 22 heavy (non-hydrogen) atoms. The first-order valence-corrected chi connectivity index (χ1v) is 8.12. The molecule has 1 heterocycles. The van der Waals surface area contributed by atoms with Gasteiger partial charge in [-0.2, -0.15) is 0 Å². The smallest absolute Gasteiger partial charge is 0.116 e. The molecule has 0 fully saturated rings. The van der Waals surface area contributed by atoms with Crippen LogP contribution in [0.1, 0.15) is 44.6 Å². The first kappa shape index (κ1) is 14.7. The van der Waals surface area contributed by atoms with Gasteiger partial charge < -0.3 is 0 Å². The molecule has 1 atom stereocenters. The molecule has 0 radical (unpaired) electrons. The van der Waals surface area contributed by atoms with Crippen molar-refractivity contribution in [2.75, 3.05) is 0 Å². The summed E-state index contributed by atoms with van der Waals surface area (Å²) in [4.78, 5) is 8.38. The number of rotatable bonds is 5. The standard InChI is InChI=1S/C20H22N2/c1-3-5-15(4-2)16-6-8-17(9-7-16)18-10-11-20-19(12-18)13-21-14-22-20/h6-15H,3-5H2,1-2H3. The molecule has 0 amide bonds. The van der Waals surface area contributed by atoms with Crippen LogP contribution in [0.25, 0.3) is 22.0 Å². The van der Waals surface area contributed by atoms with Crippen molar-refractivity contribution in [2.24, 2.45) is 0 Å². The van der Waals surface area contributed by atoms with Crippen LogP contribution in [-0.4, -0.2) is 9.97 Å². The summed E-state index contributed by atoms with van der Waals surface area (Å²) < 4.78 is 0. The van der Waals surface area contributed by atoms with Crippen LogP contribution in [0, 0.1) is 0 Å². The van der Waals surface area contributed by atoms with Crippen LogP contribution in [-0.2, 0) is 0 Å². The van der Waals surface area contributed by atoms with Crippen LogP contribution in [0.2, 0.25) is 0 Å². The third kappa shape index (κ3) is 3.01. The Morgan fingerprint density at radius 2 is 1.73 bits per heavy atom. The van der Waals surface area contributed by atoms with Gasteiger partial charge in [0.15, 0.2) is 0 Å². The van der Waals surface area contributed by atoms with Gasteiger partial charge in [0.05, 0.1) is 5.52 Å². The highest BCUT2D eigenvalue weighted by Gasteiger charge is 2.08. The highest BCUT2D eigenvalue weighted by atomic mass is 14.8. The van der Waals surface area contributed by atoms with E-state index in [2.05, 4.69) is 66.3 Å². The van der Waals surface area contributed by atoms with Crippen molar-refractivity contribution in [3.05, 3.63) is 60.6 Å². The van der Waals surface area contributed by atoms with Gasteiger partial charge in [-0.1, -0.05) is 50.6 Å². The summed E-state index contributed by atoms with van der Waals surface area (Å²) in [5.41, 5.74) is 4.92. The molecule has 0 saturated heterocycles. The van der Waals surface area contributed by atoms with Gasteiger partial charge >= 0.3 is 0 Å². The molecule has 2 nitrogen and oxygen atoms in total. The topological polar surface area (TPSA) is 25.8 Å². The maximum absolute atomic E-state index is 4.27. The predicted octanol–water partition coefficient (Wildman–Crippen LogP) is 5.59. The third-order valence-corrected chi connectivity index (χ3v) is 4.35. The molecule has 2 heteroatoms. The Morgan fingerprint density at radius 3 is 2.45 bits per heavy atom. The van der Waals surface area contributed by atoms with Crippen LogP contribution in [0.3, 0.4) is 0 Å². The van der Waals surface area contributed by atoms with Crippen molar-refractivity contribution in [3.63, 3.8) is 0 Å². The molecule has 0 aliphatic carbocycles. The molecule has 0 saturated carbocycles. The van der Waals surface area contributed by atoms with E-state index in [0.717, 1.165) is 10.9 Å². The monoisotopic (exact) mass is 290 g/mol. The summed E-state index contributed by atoms with van der Waals surface area (Å²) in [5.74, 6) is 0.684. The fourth-order valence-corrected chi connectivity index (χ4v) is 3.07. The molecule has 2 aromatic carbocycles. The van der Waals surface area contributed by atoms with E-state index in [9.17, 15) is 0 Å². The SMILES string of the molecule is CCCC(CC)c1ccc(-c2ccc3ncncc3c2)cc1. The molecule has 0 aliphatic heterocycles. The fourth-order valence-electron chi connectivity index (χ4n) is 3.07. The van der Waals surface area contributed by atoms with E-state index in [0.29, 0.717) is 5.92 Å². The maximum Gasteiger partial charge on any atom is 0.116 e. The second-order valence-corrected chi connectivity index (χ2v) is 5.81. The van der Waals surface area contributed by atoms with Gasteiger partial charge in [-0.3, -0.25) is 0 Å². The molecule has 0 N–H and O–H groups in total. The first-order chi connectivity index (χ1) is 10.8. The summed E-state index contributed by atoms with van der Waals surface area (Å²) in [6.07, 6.45) is 7.18. The Balaban J connectivity index is 1.90. The molecule has 3 rings (SSSR count). The Kier molecular flexibility index (Phi) is 4.47. The summed E-state index contributed by atoms with van der Waals surface area (Å²) in [6.45, 7) is 4.53. The van der Waals surface area contributed by atoms with Crippen molar-refractivity contribution in [2.45, 2.75) is 39.0 Å². The van der Waals surface area contributed by atoms with Crippen molar-refractivity contribution >= 4 is 10.9 Å². The molecule has 1 aromatic heterocycles. The summed E-state index contributed by atoms with van der Waals surface area (Å²) in [6, 6.07) is 15.4. The van der Waals surface area contributed by atoms with Crippen LogP contribution in [0.5, 0.6) is 0 Å². The Hall–Kier alpha value is -2.22. The van der Waals surface area contributed by atoms with E-state index < -0.39 is 0 Å². The molecular weight excluding hydrogens is 268 g/mol. The zero-order chi connectivity index (χ0) is 15.4. The van der Waals surface area contributed by atoms with Crippen LogP contribution < -0.4 is 0 Å². The molecule has 112 valence electrons. The minimum absolute atomic E-state index is 0.684. The zero-order valence-electron chi connectivity index (χ0n) is 13.3. The van der Waals surface area contributed by atoms with E-state index in [4.69, 9.17) is 0 Å². The largest absolute Gasteiger partial charge is 0.244 e. The second-order valence-electron chi connectivity index (χ2n) is 5.81. The van der Waals surface area contributed by atoms with Gasteiger partial charge in [-0.25, -0.2) is 9.97 Å². The first-order valence-electron chi connectivity index (χ1n) is 8.12. The summed E-state index contributed by atoms with van der Waals surface area (Å²) in [7, 11) is 0. The number of benzene rings is 2. The maximum atomic E-state index is 4.27. The fraction of sp³-hybridized carbons (Fsp3) is 0.300. The van der Waals surface area contributed by atoms with E-state index in [1.54, 1.807) is 6.33 Å². The third-order valence-electron chi connectivity index (χ3n) is 4.35. The number of fused-ring (bicyclic) bond motifs is 1. The molecule has 1 unspecified atom stereocenters. The molecular formula is C20H22N2. The number of hydrogen-bond acceptors (Lipinski definition) is 2. The van der Waals surface area contributed by atoms with E-state index in [1.807, 2.05) is 6.20 Å². The lowest BCUT2D eigenvalue weighted by molar-refractivity contribution is 0.596. The Morgan fingerprint density at radius 1 is 0.955 bits per heavy atom. The van der Waals surface area contributed by atoms with Crippen LogP contribution in [0.15, 0.2) is 55.0 Å². The molecule has 0 spiro atoms. The number of aromatic nitrogens is 2. The summed E-state index contributed by atoms with van der Waals surface area (Å²) in [5, 5.41) is 1.08. The van der Waals surface area contributed by atoms with E-state index >= 15 is 0 Å². The second kappa shape index (κ2) is 6.69. The van der Waals surface area contributed by atoms with Gasteiger partial charge in [0.1, 0.15) is 6.33 Å². The van der Waals surface area contributed by atoms with Crippen molar-refractivity contribution in [3.8, 4) is 11.1 Å². The average Bonchev–Trinajstić information content (AvgIpc) is 2.59. The van der Waals surface area contributed by atoms with Gasteiger partial charge in [-0.15, -0.1) is 0 Å². The Bertz CT molecular complexity index is 747. The van der Waals surface area contributed by atoms with Gasteiger partial charge in [0, 0.05) is 11.6 Å². The van der Waals surface area contributed by atoms with Gasteiger partial charge in [0.2, 0.25) is 0 Å². The van der Waals surface area contributed by atoms with E-state index in [1.165, 1.54) is 36.0 Å². The van der Waals surface area contributed by atoms with Crippen LogP contribution in [0.4, 0.5) is 0 Å². The number of hydrogen-bond donors (Lipinski definition) is 0. The average molecular weight is 290 g/mol. The highest BCUT2D eigenvalue weighted by molar-refractivity contribution is 5.83. The lowest BCUT2D eigenvalue weighted by atomic mass is 9.91. The zero-order valence-corrected chi connectivity index (χ0v) is 13.3. The highest BCUT2D eigenvalue weighted by Crippen LogP contribution is 2.28. The summed E-state index contributed by atoms with van der Waals surface area (Å²) >= 11 is 0. The minimum Gasteiger partial charge on any atom is -0.244 e. The quantitative estimate of drug-likeness (QED) is 0.612. The van der Waals surface area contributed by atoms with E-state index in [-0.39, 0.29) is 0 Å². The van der Waals surface area contributed by atoms with Gasteiger partial charge in [0.25, 0.3) is 0 Å². The van der Waals surface area contributed by atoms with Crippen molar-refractivity contribution in [1.82, 2.24) is 9.97 Å². The van der Waals surface area contributed by atoms with Crippen LogP contribution >= 0.6 is 0 Å². The Labute approximate surface area is 132 Å². The molecule has 3 aromatic rings. The van der Waals surface area contributed by atoms with Gasteiger partial charge in [-0.05, 0) is 47.6 Å². The van der Waals surface area contributed by atoms with Crippen molar-refractivity contribution < 1.29 is 0 Å². The molecule has 0 bridgehead atoms. The normalized spacial score (nSPS) is 12.5. The minimum atomic E-state index is 0.684. The predicted molar refractivity (Wildman–Crippen MR) is 92.9 cm³/mol. The lowest BCUT2D eigenvalue weighted by Gasteiger charge is -2.14. The lowest BCUT2D eigenvalue weighted by Crippen LogP contribution is -1.96. The molecule has 0 aliphatic rings. The number of nitrogens with zero attached hydrogens (tertiary/aromatic N) is 2.